The number of hydrogen-bond acceptors (Lipinski definition) is 5. The fourth-order valence-corrected chi connectivity index (χ4v) is 2.67. The first-order valence-electron chi connectivity index (χ1n) is 6.57. The SMILES string of the molecule is CC(C)(C)c1nnc(NC(=O)N[C@@H]2CCCNC2)s1. The fraction of sp³-hybridized carbons (Fsp3) is 0.750. The van der Waals surface area contributed by atoms with Crippen molar-refractivity contribution >= 4 is 22.5 Å². The Labute approximate surface area is 117 Å². The smallest absolute Gasteiger partial charge is 0.321 e. The van der Waals surface area contributed by atoms with Crippen LogP contribution in [-0.4, -0.2) is 35.4 Å². The molecular weight excluding hydrogens is 262 g/mol. The predicted octanol–water partition coefficient (Wildman–Crippen LogP) is 1.71. The number of amides is 2. The highest BCUT2D eigenvalue weighted by Gasteiger charge is 2.21. The van der Waals surface area contributed by atoms with Gasteiger partial charge in [-0.15, -0.1) is 10.2 Å². The quantitative estimate of drug-likeness (QED) is 0.772. The first kappa shape index (κ1) is 14.2. The number of carbonyl (C=O) groups excluding carboxylic acids is 1. The van der Waals surface area contributed by atoms with Crippen LogP contribution in [0.3, 0.4) is 0 Å². The van der Waals surface area contributed by atoms with Gasteiger partial charge in [0.05, 0.1) is 0 Å². The maximum absolute atomic E-state index is 11.8. The molecule has 2 heterocycles. The van der Waals surface area contributed by atoms with Crippen LogP contribution in [0, 0.1) is 0 Å². The molecule has 1 saturated heterocycles. The third-order valence-corrected chi connectivity index (χ3v) is 4.18. The van der Waals surface area contributed by atoms with Gasteiger partial charge >= 0.3 is 6.03 Å². The van der Waals surface area contributed by atoms with E-state index in [9.17, 15) is 4.79 Å². The van der Waals surface area contributed by atoms with E-state index in [2.05, 4.69) is 46.9 Å². The lowest BCUT2D eigenvalue weighted by atomic mass is 9.98. The highest BCUT2D eigenvalue weighted by Crippen LogP contribution is 2.27. The summed E-state index contributed by atoms with van der Waals surface area (Å²) in [5.41, 5.74) is -0.0403. The zero-order valence-corrected chi connectivity index (χ0v) is 12.4. The van der Waals surface area contributed by atoms with Gasteiger partial charge in [0.1, 0.15) is 5.01 Å². The minimum absolute atomic E-state index is 0.0403. The summed E-state index contributed by atoms with van der Waals surface area (Å²) >= 11 is 1.42. The van der Waals surface area contributed by atoms with Gasteiger partial charge in [-0.1, -0.05) is 32.1 Å². The highest BCUT2D eigenvalue weighted by atomic mass is 32.1. The lowest BCUT2D eigenvalue weighted by Crippen LogP contribution is -2.47. The van der Waals surface area contributed by atoms with E-state index in [0.29, 0.717) is 5.13 Å². The average molecular weight is 283 g/mol. The molecule has 0 unspecified atom stereocenters. The van der Waals surface area contributed by atoms with Gasteiger partial charge in [0, 0.05) is 18.0 Å². The summed E-state index contributed by atoms with van der Waals surface area (Å²) in [6, 6.07) is -0.00549. The number of urea groups is 1. The maximum atomic E-state index is 11.8. The van der Waals surface area contributed by atoms with Gasteiger partial charge in [-0.05, 0) is 19.4 Å². The molecule has 1 aliphatic heterocycles. The van der Waals surface area contributed by atoms with Crippen molar-refractivity contribution in [3.63, 3.8) is 0 Å². The fourth-order valence-electron chi connectivity index (χ4n) is 1.87. The monoisotopic (exact) mass is 283 g/mol. The van der Waals surface area contributed by atoms with Crippen molar-refractivity contribution in [3.05, 3.63) is 5.01 Å². The molecule has 1 aliphatic rings. The molecule has 19 heavy (non-hydrogen) atoms. The average Bonchev–Trinajstić information content (AvgIpc) is 2.78. The number of nitrogens with one attached hydrogen (secondary N) is 3. The second kappa shape index (κ2) is 5.83. The molecule has 0 spiro atoms. The van der Waals surface area contributed by atoms with Crippen molar-refractivity contribution in [2.45, 2.75) is 45.1 Å². The zero-order valence-electron chi connectivity index (χ0n) is 11.6. The number of nitrogens with zero attached hydrogens (tertiary/aromatic N) is 2. The van der Waals surface area contributed by atoms with Crippen LogP contribution in [0.15, 0.2) is 0 Å². The summed E-state index contributed by atoms with van der Waals surface area (Å²) in [6.07, 6.45) is 2.11. The van der Waals surface area contributed by atoms with Gasteiger partial charge in [-0.2, -0.15) is 0 Å². The molecule has 1 atom stereocenters. The Morgan fingerprint density at radius 2 is 2.21 bits per heavy atom. The van der Waals surface area contributed by atoms with Gasteiger partial charge < -0.3 is 10.6 Å². The first-order chi connectivity index (χ1) is 8.95. The lowest BCUT2D eigenvalue weighted by molar-refractivity contribution is 0.245. The normalized spacial score (nSPS) is 20.1. The van der Waals surface area contributed by atoms with Crippen molar-refractivity contribution < 1.29 is 4.79 Å². The third kappa shape index (κ3) is 4.14. The Balaban J connectivity index is 1.86. The number of carbonyl (C=O) groups is 1. The van der Waals surface area contributed by atoms with Crippen LogP contribution in [0.5, 0.6) is 0 Å². The summed E-state index contributed by atoms with van der Waals surface area (Å²) < 4.78 is 0. The number of anilines is 1. The Bertz CT molecular complexity index is 434. The summed E-state index contributed by atoms with van der Waals surface area (Å²) in [7, 11) is 0. The van der Waals surface area contributed by atoms with Crippen LogP contribution < -0.4 is 16.0 Å². The second-order valence-corrected chi connectivity index (χ2v) is 6.78. The van der Waals surface area contributed by atoms with E-state index in [-0.39, 0.29) is 17.5 Å². The Morgan fingerprint density at radius 3 is 2.79 bits per heavy atom. The zero-order chi connectivity index (χ0) is 13.9. The van der Waals surface area contributed by atoms with Crippen molar-refractivity contribution in [2.24, 2.45) is 0 Å². The van der Waals surface area contributed by atoms with Crippen LogP contribution in [-0.2, 0) is 5.41 Å². The van der Waals surface area contributed by atoms with E-state index < -0.39 is 0 Å². The molecule has 2 rings (SSSR count). The van der Waals surface area contributed by atoms with Crippen LogP contribution in [0.2, 0.25) is 0 Å². The summed E-state index contributed by atoms with van der Waals surface area (Å²) in [5, 5.41) is 18.5. The molecule has 1 aromatic rings. The van der Waals surface area contributed by atoms with Crippen molar-refractivity contribution in [1.82, 2.24) is 20.8 Å². The highest BCUT2D eigenvalue weighted by molar-refractivity contribution is 7.15. The number of hydrogen-bond donors (Lipinski definition) is 3. The van der Waals surface area contributed by atoms with E-state index in [1.54, 1.807) is 0 Å². The number of piperidine rings is 1. The molecule has 2 amide bonds. The minimum atomic E-state index is -0.203. The van der Waals surface area contributed by atoms with Gasteiger partial charge in [-0.3, -0.25) is 5.32 Å². The molecule has 6 nitrogen and oxygen atoms in total. The van der Waals surface area contributed by atoms with Crippen molar-refractivity contribution in [1.29, 1.82) is 0 Å². The van der Waals surface area contributed by atoms with Crippen LogP contribution in [0.4, 0.5) is 9.93 Å². The van der Waals surface area contributed by atoms with Crippen LogP contribution >= 0.6 is 11.3 Å². The molecular formula is C12H21N5OS. The lowest BCUT2D eigenvalue weighted by Gasteiger charge is -2.23. The van der Waals surface area contributed by atoms with E-state index in [0.717, 1.165) is 30.9 Å². The van der Waals surface area contributed by atoms with Gasteiger partial charge in [0.15, 0.2) is 0 Å². The minimum Gasteiger partial charge on any atom is -0.334 e. The van der Waals surface area contributed by atoms with Crippen LogP contribution in [0.1, 0.15) is 38.6 Å². The molecule has 0 bridgehead atoms. The van der Waals surface area contributed by atoms with Gasteiger partial charge in [-0.25, -0.2) is 4.79 Å². The molecule has 0 aliphatic carbocycles. The van der Waals surface area contributed by atoms with Crippen molar-refractivity contribution in [2.75, 3.05) is 18.4 Å². The van der Waals surface area contributed by atoms with E-state index in [1.807, 2.05) is 0 Å². The van der Waals surface area contributed by atoms with Gasteiger partial charge in [0.25, 0.3) is 0 Å². The first-order valence-corrected chi connectivity index (χ1v) is 7.39. The number of aromatic nitrogens is 2. The Morgan fingerprint density at radius 1 is 1.42 bits per heavy atom. The molecule has 1 fully saturated rings. The molecule has 0 aromatic carbocycles. The molecule has 0 saturated carbocycles. The Kier molecular flexibility index (Phi) is 4.36. The largest absolute Gasteiger partial charge is 0.334 e. The standard InChI is InChI=1S/C12H21N5OS/c1-12(2,3)9-16-17-11(19-9)15-10(18)14-8-5-4-6-13-7-8/h8,13H,4-7H2,1-3H3,(H2,14,15,17,18)/t8-/m1/s1. The molecule has 7 heteroatoms. The molecule has 3 N–H and O–H groups in total. The van der Waals surface area contributed by atoms with E-state index in [1.165, 1.54) is 11.3 Å². The Hall–Kier alpha value is -1.21. The summed E-state index contributed by atoms with van der Waals surface area (Å²) in [6.45, 7) is 8.09. The van der Waals surface area contributed by atoms with Crippen molar-refractivity contribution in [3.8, 4) is 0 Å². The predicted molar refractivity (Wildman–Crippen MR) is 76.7 cm³/mol. The maximum Gasteiger partial charge on any atom is 0.321 e. The topological polar surface area (TPSA) is 78.9 Å². The number of rotatable bonds is 2. The van der Waals surface area contributed by atoms with E-state index >= 15 is 0 Å². The van der Waals surface area contributed by atoms with Crippen LogP contribution in [0.25, 0.3) is 0 Å². The van der Waals surface area contributed by atoms with E-state index in [4.69, 9.17) is 0 Å². The molecule has 106 valence electrons. The molecule has 0 radical (unpaired) electrons. The second-order valence-electron chi connectivity index (χ2n) is 5.80. The molecule has 1 aromatic heterocycles. The summed E-state index contributed by atoms with van der Waals surface area (Å²) in [4.78, 5) is 11.8. The summed E-state index contributed by atoms with van der Waals surface area (Å²) in [5.74, 6) is 0. The third-order valence-electron chi connectivity index (χ3n) is 2.92. The van der Waals surface area contributed by atoms with Gasteiger partial charge in [0.2, 0.25) is 5.13 Å².